The second-order valence-corrected chi connectivity index (χ2v) is 12.5. The third-order valence-electron chi connectivity index (χ3n) is 6.07. The molecule has 0 atom stereocenters. The summed E-state index contributed by atoms with van der Waals surface area (Å²) in [6.45, 7) is 5.06. The normalized spacial score (nSPS) is 11.7. The Kier molecular flexibility index (Phi) is 9.17. The first-order valence-corrected chi connectivity index (χ1v) is 14.8. The summed E-state index contributed by atoms with van der Waals surface area (Å²) in [5, 5.41) is 5.36. The fraction of sp³-hybridized carbons (Fsp3) is 0.143. The van der Waals surface area contributed by atoms with Crippen LogP contribution < -0.4 is 9.73 Å². The predicted octanol–water partition coefficient (Wildman–Crippen LogP) is 7.36. The lowest BCUT2D eigenvalue weighted by molar-refractivity contribution is -0.119. The van der Waals surface area contributed by atoms with E-state index in [2.05, 4.69) is 10.5 Å². The largest absolute Gasteiger partial charge is 0.316 e. The highest BCUT2D eigenvalue weighted by atomic mass is 35.5. The molecule has 7 nitrogen and oxygen atoms in total. The molecule has 0 fully saturated rings. The maximum Gasteiger partial charge on any atom is 0.264 e. The number of sulfonamides is 1. The van der Waals surface area contributed by atoms with Crippen LogP contribution in [0.1, 0.15) is 22.5 Å². The number of halogens is 4. The van der Waals surface area contributed by atoms with Crippen molar-refractivity contribution < 1.29 is 13.2 Å². The van der Waals surface area contributed by atoms with Gasteiger partial charge in [-0.3, -0.25) is 9.10 Å². The van der Waals surface area contributed by atoms with E-state index in [-0.39, 0.29) is 20.6 Å². The number of amides is 1. The maximum absolute atomic E-state index is 13.6. The molecule has 1 amide bonds. The lowest BCUT2D eigenvalue weighted by atomic mass is 10.2. The van der Waals surface area contributed by atoms with Crippen molar-refractivity contribution >= 4 is 74.2 Å². The van der Waals surface area contributed by atoms with Crippen LogP contribution in [0.25, 0.3) is 5.69 Å². The number of nitrogens with one attached hydrogen (secondary N) is 1. The Morgan fingerprint density at radius 1 is 0.950 bits per heavy atom. The number of nitrogens with zero attached hydrogens (tertiary/aromatic N) is 3. The first-order valence-electron chi connectivity index (χ1n) is 11.9. The molecule has 0 spiro atoms. The highest BCUT2D eigenvalue weighted by Gasteiger charge is 2.28. The second-order valence-electron chi connectivity index (χ2n) is 8.98. The van der Waals surface area contributed by atoms with Crippen LogP contribution in [0.5, 0.6) is 0 Å². The van der Waals surface area contributed by atoms with Gasteiger partial charge in [0.1, 0.15) is 6.54 Å². The average molecular weight is 638 g/mol. The Balaban J connectivity index is 1.59. The Hall–Kier alpha value is -3.01. The first kappa shape index (κ1) is 30.0. The zero-order valence-electron chi connectivity index (χ0n) is 21.6. The molecule has 3 aromatic carbocycles. The highest BCUT2D eigenvalue weighted by molar-refractivity contribution is 7.92. The summed E-state index contributed by atoms with van der Waals surface area (Å²) in [7, 11) is -4.15. The molecule has 0 aliphatic rings. The molecular formula is C28H24Cl4N4O3S. The Morgan fingerprint density at radius 2 is 1.60 bits per heavy atom. The van der Waals surface area contributed by atoms with E-state index in [1.165, 1.54) is 36.5 Å². The average Bonchev–Trinajstić information content (AvgIpc) is 3.16. The van der Waals surface area contributed by atoms with Crippen LogP contribution in [0.4, 0.5) is 5.69 Å². The third kappa shape index (κ3) is 6.48. The molecule has 40 heavy (non-hydrogen) atoms. The van der Waals surface area contributed by atoms with Crippen LogP contribution in [0.15, 0.2) is 76.7 Å². The van der Waals surface area contributed by atoms with Crippen molar-refractivity contribution in [3.63, 3.8) is 0 Å². The molecule has 0 radical (unpaired) electrons. The summed E-state index contributed by atoms with van der Waals surface area (Å²) >= 11 is 24.9. The van der Waals surface area contributed by atoms with E-state index in [1.54, 1.807) is 24.3 Å². The molecule has 1 N–H and O–H groups in total. The van der Waals surface area contributed by atoms with Gasteiger partial charge in [-0.25, -0.2) is 13.8 Å². The number of rotatable bonds is 8. The van der Waals surface area contributed by atoms with Crippen molar-refractivity contribution in [2.45, 2.75) is 25.7 Å². The van der Waals surface area contributed by atoms with Crippen LogP contribution in [-0.4, -0.2) is 31.7 Å². The molecule has 4 rings (SSSR count). The van der Waals surface area contributed by atoms with Gasteiger partial charge in [0, 0.05) is 27.0 Å². The monoisotopic (exact) mass is 636 g/mol. The van der Waals surface area contributed by atoms with Crippen LogP contribution in [0, 0.1) is 20.8 Å². The minimum absolute atomic E-state index is 0.0117. The van der Waals surface area contributed by atoms with Gasteiger partial charge in [0.15, 0.2) is 0 Å². The Labute approximate surface area is 253 Å². The van der Waals surface area contributed by atoms with E-state index < -0.39 is 22.5 Å². The van der Waals surface area contributed by atoms with E-state index in [0.29, 0.717) is 15.7 Å². The number of aromatic nitrogens is 1. The number of hydrogen-bond acceptors (Lipinski definition) is 4. The molecule has 0 aliphatic heterocycles. The quantitative estimate of drug-likeness (QED) is 0.162. The molecule has 0 aliphatic carbocycles. The lowest BCUT2D eigenvalue weighted by Gasteiger charge is -2.24. The summed E-state index contributed by atoms with van der Waals surface area (Å²) in [5.74, 6) is -0.672. The number of aryl methyl sites for hydroxylation is 2. The van der Waals surface area contributed by atoms with Crippen molar-refractivity contribution in [2.24, 2.45) is 5.10 Å². The fourth-order valence-corrected chi connectivity index (χ4v) is 6.43. The summed E-state index contributed by atoms with van der Waals surface area (Å²) in [5.41, 5.74) is 6.57. The van der Waals surface area contributed by atoms with Gasteiger partial charge < -0.3 is 4.57 Å². The van der Waals surface area contributed by atoms with Crippen molar-refractivity contribution in [3.8, 4) is 5.69 Å². The first-order chi connectivity index (χ1) is 18.9. The van der Waals surface area contributed by atoms with Crippen molar-refractivity contribution in [3.05, 3.63) is 109 Å². The van der Waals surface area contributed by atoms with Gasteiger partial charge >= 0.3 is 0 Å². The number of benzene rings is 3. The number of carbonyl (C=O) groups excluding carboxylic acids is 1. The molecule has 0 saturated heterocycles. The molecule has 0 bridgehead atoms. The Bertz CT molecular complexity index is 1700. The van der Waals surface area contributed by atoms with E-state index >= 15 is 0 Å². The van der Waals surface area contributed by atoms with Gasteiger partial charge in [-0.1, -0.05) is 70.2 Å². The zero-order valence-corrected chi connectivity index (χ0v) is 25.5. The summed E-state index contributed by atoms with van der Waals surface area (Å²) in [6, 6.07) is 17.9. The summed E-state index contributed by atoms with van der Waals surface area (Å²) < 4.78 is 30.0. The van der Waals surface area contributed by atoms with E-state index in [9.17, 15) is 13.2 Å². The van der Waals surface area contributed by atoms with Crippen LogP contribution in [0.3, 0.4) is 0 Å². The number of carbonyl (C=O) groups is 1. The smallest absolute Gasteiger partial charge is 0.264 e. The van der Waals surface area contributed by atoms with Crippen LogP contribution >= 0.6 is 46.4 Å². The SMILES string of the molecule is Cc1ccc(S(=O)(=O)N(CC(=O)N/N=C\c2cc(C)n(-c3cccc(Cl)c3Cl)c2C)c2cc(Cl)cc(Cl)c2)cc1. The van der Waals surface area contributed by atoms with Gasteiger partial charge in [0.05, 0.1) is 32.5 Å². The van der Waals surface area contributed by atoms with Gasteiger partial charge in [0.2, 0.25) is 0 Å². The van der Waals surface area contributed by atoms with Gasteiger partial charge in [-0.05, 0) is 69.3 Å². The van der Waals surface area contributed by atoms with Gasteiger partial charge in [0.25, 0.3) is 15.9 Å². The van der Waals surface area contributed by atoms with Crippen molar-refractivity contribution in [2.75, 3.05) is 10.8 Å². The summed E-state index contributed by atoms with van der Waals surface area (Å²) in [4.78, 5) is 13.0. The standard InChI is InChI=1S/C28H24Cl4N4O3S/c1-17-7-9-24(10-8-17)40(38,39)35(23-13-21(29)12-22(30)14-23)16-27(37)34-33-15-20-11-18(2)36(19(20)3)26-6-4-5-25(31)28(26)32/h4-15H,16H2,1-3H3,(H,34,37)/b33-15-. The van der Waals surface area contributed by atoms with Crippen LogP contribution in [-0.2, 0) is 14.8 Å². The molecule has 1 heterocycles. The maximum atomic E-state index is 13.6. The number of anilines is 1. The molecule has 208 valence electrons. The van der Waals surface area contributed by atoms with Crippen molar-refractivity contribution in [1.82, 2.24) is 9.99 Å². The summed E-state index contributed by atoms with van der Waals surface area (Å²) in [6.07, 6.45) is 1.48. The predicted molar refractivity (Wildman–Crippen MR) is 163 cm³/mol. The third-order valence-corrected chi connectivity index (χ3v) is 9.10. The molecule has 1 aromatic heterocycles. The topological polar surface area (TPSA) is 83.8 Å². The van der Waals surface area contributed by atoms with Crippen LogP contribution in [0.2, 0.25) is 20.1 Å². The van der Waals surface area contributed by atoms with E-state index in [4.69, 9.17) is 46.4 Å². The minimum Gasteiger partial charge on any atom is -0.316 e. The fourth-order valence-electron chi connectivity index (χ4n) is 4.13. The van der Waals surface area contributed by atoms with E-state index in [1.807, 2.05) is 37.5 Å². The number of hydrogen-bond donors (Lipinski definition) is 1. The zero-order chi connectivity index (χ0) is 29.2. The molecule has 12 heteroatoms. The molecule has 4 aromatic rings. The molecule has 0 unspecified atom stereocenters. The van der Waals surface area contributed by atoms with Gasteiger partial charge in [-0.2, -0.15) is 5.10 Å². The molecule has 0 saturated carbocycles. The van der Waals surface area contributed by atoms with E-state index in [0.717, 1.165) is 26.8 Å². The Morgan fingerprint density at radius 3 is 2.25 bits per heavy atom. The lowest BCUT2D eigenvalue weighted by Crippen LogP contribution is -2.39. The molecular weight excluding hydrogens is 614 g/mol. The second kappa shape index (κ2) is 12.2. The van der Waals surface area contributed by atoms with Gasteiger partial charge in [-0.15, -0.1) is 0 Å². The van der Waals surface area contributed by atoms with Crippen molar-refractivity contribution in [1.29, 1.82) is 0 Å². The number of hydrazone groups is 1. The highest BCUT2D eigenvalue weighted by Crippen LogP contribution is 2.32. The minimum atomic E-state index is -4.15.